The smallest absolute Gasteiger partial charge is 0.322 e. The molecule has 1 aromatic heterocycles. The molecule has 4 nitrogen and oxygen atoms in total. The van der Waals surface area contributed by atoms with E-state index >= 15 is 0 Å². The van der Waals surface area contributed by atoms with Crippen molar-refractivity contribution in [2.24, 2.45) is 0 Å². The number of halogens is 1. The Morgan fingerprint density at radius 1 is 1.80 bits per heavy atom. The third kappa shape index (κ3) is 1.36. The molecule has 1 unspecified atom stereocenters. The van der Waals surface area contributed by atoms with Crippen molar-refractivity contribution in [1.82, 2.24) is 0 Å². The predicted molar refractivity (Wildman–Crippen MR) is 37.4 cm³/mol. The molecule has 0 N–H and O–H groups in total. The van der Waals surface area contributed by atoms with Crippen LogP contribution >= 0.6 is 15.9 Å². The van der Waals surface area contributed by atoms with E-state index in [2.05, 4.69) is 15.9 Å². The third-order valence-corrected chi connectivity index (χ3v) is 1.75. The normalized spacial score (nSPS) is 12.9. The number of nitrogens with zero attached hydrogens (tertiary/aromatic N) is 1. The predicted octanol–water partition coefficient (Wildman–Crippen LogP) is 1.95. The second-order valence-electron chi connectivity index (χ2n) is 1.64. The van der Waals surface area contributed by atoms with E-state index in [9.17, 15) is 10.1 Å². The fraction of sp³-hybridized carbons (Fsp3) is 0.200. The molecule has 0 aliphatic rings. The van der Waals surface area contributed by atoms with E-state index in [1.165, 1.54) is 6.26 Å². The summed E-state index contributed by atoms with van der Waals surface area (Å²) in [6.45, 7) is 0. The fourth-order valence-corrected chi connectivity index (χ4v) is 0.791. The number of nitro groups is 1. The Hall–Kier alpha value is -0.840. The lowest BCUT2D eigenvalue weighted by Crippen LogP contribution is -2.00. The number of hydrogen-bond acceptors (Lipinski definition) is 3. The Kier molecular flexibility index (Phi) is 2.06. The van der Waals surface area contributed by atoms with Crippen LogP contribution in [0.25, 0.3) is 0 Å². The largest absolute Gasteiger partial charge is 0.461 e. The lowest BCUT2D eigenvalue weighted by atomic mass is 10.5. The van der Waals surface area contributed by atoms with Crippen molar-refractivity contribution in [3.05, 3.63) is 34.3 Å². The van der Waals surface area contributed by atoms with E-state index in [-0.39, 0.29) is 0 Å². The maximum absolute atomic E-state index is 10.1. The molecule has 0 spiro atoms. The van der Waals surface area contributed by atoms with Gasteiger partial charge in [0.25, 0.3) is 0 Å². The van der Waals surface area contributed by atoms with Crippen LogP contribution in [-0.2, 0) is 0 Å². The second kappa shape index (κ2) is 2.83. The van der Waals surface area contributed by atoms with Gasteiger partial charge in [-0.15, -0.1) is 0 Å². The average Bonchev–Trinajstić information content (AvgIpc) is 2.36. The van der Waals surface area contributed by atoms with Gasteiger partial charge in [-0.25, -0.2) is 0 Å². The first-order chi connectivity index (χ1) is 4.72. The Morgan fingerprint density at radius 3 is 2.90 bits per heavy atom. The van der Waals surface area contributed by atoms with Crippen molar-refractivity contribution in [2.45, 2.75) is 4.95 Å². The van der Waals surface area contributed by atoms with Gasteiger partial charge in [0.1, 0.15) is 0 Å². The van der Waals surface area contributed by atoms with Gasteiger partial charge in [0.2, 0.25) is 0 Å². The van der Waals surface area contributed by atoms with Crippen LogP contribution in [0.5, 0.6) is 0 Å². The van der Waals surface area contributed by atoms with Crippen LogP contribution in [0.15, 0.2) is 22.8 Å². The van der Waals surface area contributed by atoms with E-state index in [1.54, 1.807) is 12.1 Å². The summed E-state index contributed by atoms with van der Waals surface area (Å²) in [5, 5.41) is 10.1. The van der Waals surface area contributed by atoms with Gasteiger partial charge in [-0.1, -0.05) is 0 Å². The van der Waals surface area contributed by atoms with Gasteiger partial charge in [0.05, 0.1) is 6.26 Å². The van der Waals surface area contributed by atoms with Crippen molar-refractivity contribution in [1.29, 1.82) is 0 Å². The summed E-state index contributed by atoms with van der Waals surface area (Å²) in [4.78, 5) is 8.69. The van der Waals surface area contributed by atoms with E-state index in [0.29, 0.717) is 5.76 Å². The van der Waals surface area contributed by atoms with Gasteiger partial charge in [-0.05, 0) is 12.1 Å². The van der Waals surface area contributed by atoms with Gasteiger partial charge in [0.15, 0.2) is 5.76 Å². The van der Waals surface area contributed by atoms with E-state index in [0.717, 1.165) is 0 Å². The minimum Gasteiger partial charge on any atom is -0.461 e. The highest BCUT2D eigenvalue weighted by molar-refractivity contribution is 9.09. The topological polar surface area (TPSA) is 56.3 Å². The molecular formula is C5H4BrNO3. The van der Waals surface area contributed by atoms with Crippen LogP contribution < -0.4 is 0 Å². The molecule has 1 atom stereocenters. The van der Waals surface area contributed by atoms with E-state index in [1.807, 2.05) is 0 Å². The molecule has 10 heavy (non-hydrogen) atoms. The molecule has 0 fully saturated rings. The van der Waals surface area contributed by atoms with Crippen LogP contribution in [-0.4, -0.2) is 4.92 Å². The summed E-state index contributed by atoms with van der Waals surface area (Å²) in [5.41, 5.74) is 0. The highest BCUT2D eigenvalue weighted by atomic mass is 79.9. The maximum Gasteiger partial charge on any atom is 0.322 e. The first-order valence-corrected chi connectivity index (χ1v) is 3.44. The van der Waals surface area contributed by atoms with Crippen molar-refractivity contribution >= 4 is 15.9 Å². The maximum atomic E-state index is 10.1. The van der Waals surface area contributed by atoms with Gasteiger partial charge in [0, 0.05) is 20.9 Å². The van der Waals surface area contributed by atoms with Crippen LogP contribution in [0.4, 0.5) is 0 Å². The summed E-state index contributed by atoms with van der Waals surface area (Å²) in [6.07, 6.45) is 1.40. The molecule has 0 saturated carbocycles. The second-order valence-corrected chi connectivity index (χ2v) is 2.50. The highest BCUT2D eigenvalue weighted by Gasteiger charge is 2.20. The van der Waals surface area contributed by atoms with Gasteiger partial charge < -0.3 is 4.42 Å². The Labute approximate surface area is 65.1 Å². The average molecular weight is 206 g/mol. The number of alkyl halides is 1. The first-order valence-electron chi connectivity index (χ1n) is 2.53. The summed E-state index contributed by atoms with van der Waals surface area (Å²) < 4.78 is 4.77. The number of rotatable bonds is 2. The SMILES string of the molecule is O=[N+]([O-])C(Br)c1ccco1. The van der Waals surface area contributed by atoms with Crippen molar-refractivity contribution in [3.8, 4) is 0 Å². The van der Waals surface area contributed by atoms with Crippen molar-refractivity contribution in [3.63, 3.8) is 0 Å². The molecule has 0 radical (unpaired) electrons. The zero-order chi connectivity index (χ0) is 7.56. The van der Waals surface area contributed by atoms with E-state index in [4.69, 9.17) is 4.42 Å². The van der Waals surface area contributed by atoms with Crippen molar-refractivity contribution in [2.75, 3.05) is 0 Å². The quantitative estimate of drug-likeness (QED) is 0.321. The standard InChI is InChI=1S/C5H4BrNO3/c6-5(7(8)9)4-2-1-3-10-4/h1-3,5H. The molecule has 1 heterocycles. The van der Waals surface area contributed by atoms with Crippen LogP contribution in [0.1, 0.15) is 10.7 Å². The molecule has 5 heteroatoms. The molecule has 1 aromatic rings. The van der Waals surface area contributed by atoms with E-state index < -0.39 is 9.87 Å². The summed E-state index contributed by atoms with van der Waals surface area (Å²) >= 11 is 2.84. The molecule has 0 amide bonds. The number of furan rings is 1. The minimum atomic E-state index is -0.928. The summed E-state index contributed by atoms with van der Waals surface area (Å²) in [5.74, 6) is 0.310. The van der Waals surface area contributed by atoms with Crippen molar-refractivity contribution < 1.29 is 9.34 Å². The molecule has 0 aliphatic carbocycles. The molecule has 0 saturated heterocycles. The first kappa shape index (κ1) is 7.27. The molecule has 1 rings (SSSR count). The Balaban J connectivity index is 2.77. The molecular weight excluding hydrogens is 202 g/mol. The monoisotopic (exact) mass is 205 g/mol. The highest BCUT2D eigenvalue weighted by Crippen LogP contribution is 2.22. The lowest BCUT2D eigenvalue weighted by molar-refractivity contribution is -0.500. The minimum absolute atomic E-state index is 0.310. The molecule has 0 aromatic carbocycles. The van der Waals surface area contributed by atoms with Gasteiger partial charge in [-0.2, -0.15) is 0 Å². The Bertz CT molecular complexity index is 221. The van der Waals surface area contributed by atoms with Crippen LogP contribution in [0.2, 0.25) is 0 Å². The van der Waals surface area contributed by atoms with Crippen LogP contribution in [0.3, 0.4) is 0 Å². The molecule has 54 valence electrons. The Morgan fingerprint density at radius 2 is 2.50 bits per heavy atom. The van der Waals surface area contributed by atoms with Gasteiger partial charge >= 0.3 is 4.95 Å². The summed E-state index contributed by atoms with van der Waals surface area (Å²) in [6, 6.07) is 3.15. The third-order valence-electron chi connectivity index (χ3n) is 0.963. The van der Waals surface area contributed by atoms with Gasteiger partial charge in [-0.3, -0.25) is 10.1 Å². The van der Waals surface area contributed by atoms with Crippen LogP contribution in [0, 0.1) is 10.1 Å². The number of hydrogen-bond donors (Lipinski definition) is 0. The zero-order valence-electron chi connectivity index (χ0n) is 4.86. The zero-order valence-corrected chi connectivity index (χ0v) is 6.45. The fourth-order valence-electron chi connectivity index (χ4n) is 0.531. The molecule has 0 bridgehead atoms. The lowest BCUT2D eigenvalue weighted by Gasteiger charge is -1.94. The molecule has 0 aliphatic heterocycles. The summed E-state index contributed by atoms with van der Waals surface area (Å²) in [7, 11) is 0.